The molecule has 2 nitrogen and oxygen atoms in total. The van der Waals surface area contributed by atoms with Crippen LogP contribution in [0.25, 0.3) is 0 Å². The highest BCUT2D eigenvalue weighted by atomic mass is 32.2. The zero-order valence-electron chi connectivity index (χ0n) is 11.0. The van der Waals surface area contributed by atoms with Crippen molar-refractivity contribution in [3.05, 3.63) is 59.4 Å². The van der Waals surface area contributed by atoms with E-state index >= 15 is 0 Å². The molecule has 0 bridgehead atoms. The Morgan fingerprint density at radius 2 is 2.10 bits per heavy atom. The largest absolute Gasteiger partial charge is 0.496 e. The molecule has 1 aliphatic heterocycles. The second-order valence-corrected chi connectivity index (χ2v) is 6.08. The van der Waals surface area contributed by atoms with E-state index in [1.165, 1.54) is 29.7 Å². The summed E-state index contributed by atoms with van der Waals surface area (Å²) in [5.74, 6) is 0.163. The fraction of sp³-hybridized carbons (Fsp3) is 0.250. The zero-order valence-corrected chi connectivity index (χ0v) is 11.9. The van der Waals surface area contributed by atoms with Gasteiger partial charge in [0.15, 0.2) is 0 Å². The van der Waals surface area contributed by atoms with Crippen LogP contribution in [0.2, 0.25) is 0 Å². The Kier molecular flexibility index (Phi) is 3.68. The predicted molar refractivity (Wildman–Crippen MR) is 77.7 cm³/mol. The number of aliphatic hydroxyl groups excluding tert-OH is 1. The highest BCUT2D eigenvalue weighted by Gasteiger charge is 2.30. The maximum absolute atomic E-state index is 13.4. The maximum Gasteiger partial charge on any atom is 0.124 e. The third kappa shape index (κ3) is 2.41. The van der Waals surface area contributed by atoms with Crippen LogP contribution in [0.3, 0.4) is 0 Å². The summed E-state index contributed by atoms with van der Waals surface area (Å²) >= 11 is 1.64. The van der Waals surface area contributed by atoms with Gasteiger partial charge in [-0.3, -0.25) is 0 Å². The molecule has 1 N–H and O–H groups in total. The number of aliphatic hydroxyl groups is 1. The van der Waals surface area contributed by atoms with Crippen molar-refractivity contribution in [2.45, 2.75) is 22.7 Å². The molecule has 0 saturated carbocycles. The SMILES string of the molecule is COc1ccc(F)cc1C(O)C1Cc2ccccc2S1. The Bertz CT molecular complexity index is 605. The molecule has 0 radical (unpaired) electrons. The fourth-order valence-corrected chi connectivity index (χ4v) is 3.85. The van der Waals surface area contributed by atoms with E-state index in [4.69, 9.17) is 4.74 Å². The summed E-state index contributed by atoms with van der Waals surface area (Å²) in [4.78, 5) is 1.19. The van der Waals surface area contributed by atoms with Gasteiger partial charge >= 0.3 is 0 Å². The molecule has 2 atom stereocenters. The second-order valence-electron chi connectivity index (χ2n) is 4.80. The van der Waals surface area contributed by atoms with E-state index in [-0.39, 0.29) is 11.1 Å². The minimum atomic E-state index is -0.752. The molecule has 4 heteroatoms. The number of rotatable bonds is 3. The van der Waals surface area contributed by atoms with Gasteiger partial charge in [-0.2, -0.15) is 0 Å². The number of thioether (sulfide) groups is 1. The summed E-state index contributed by atoms with van der Waals surface area (Å²) in [5, 5.41) is 10.6. The van der Waals surface area contributed by atoms with Gasteiger partial charge in [-0.25, -0.2) is 4.39 Å². The van der Waals surface area contributed by atoms with Crippen LogP contribution in [-0.2, 0) is 6.42 Å². The first-order valence-corrected chi connectivity index (χ1v) is 7.33. The lowest BCUT2D eigenvalue weighted by molar-refractivity contribution is 0.170. The zero-order chi connectivity index (χ0) is 14.1. The normalized spacial score (nSPS) is 18.6. The molecular formula is C16H15FO2S. The summed E-state index contributed by atoms with van der Waals surface area (Å²) in [6.45, 7) is 0. The van der Waals surface area contributed by atoms with Crippen LogP contribution in [0, 0.1) is 5.82 Å². The van der Waals surface area contributed by atoms with E-state index in [0.29, 0.717) is 11.3 Å². The second kappa shape index (κ2) is 5.46. The highest BCUT2D eigenvalue weighted by molar-refractivity contribution is 8.00. The van der Waals surface area contributed by atoms with Gasteiger partial charge in [-0.15, -0.1) is 11.8 Å². The first-order chi connectivity index (χ1) is 9.69. The Morgan fingerprint density at radius 1 is 1.30 bits per heavy atom. The van der Waals surface area contributed by atoms with Gasteiger partial charge in [0.2, 0.25) is 0 Å². The lowest BCUT2D eigenvalue weighted by Crippen LogP contribution is -2.15. The van der Waals surface area contributed by atoms with Crippen LogP contribution < -0.4 is 4.74 Å². The van der Waals surface area contributed by atoms with Gasteiger partial charge in [0.25, 0.3) is 0 Å². The molecule has 20 heavy (non-hydrogen) atoms. The number of halogens is 1. The van der Waals surface area contributed by atoms with Gasteiger partial charge in [0.1, 0.15) is 11.6 Å². The van der Waals surface area contributed by atoms with Crippen LogP contribution in [0.5, 0.6) is 5.75 Å². The van der Waals surface area contributed by atoms with E-state index in [1.807, 2.05) is 12.1 Å². The van der Waals surface area contributed by atoms with Crippen molar-refractivity contribution in [3.63, 3.8) is 0 Å². The van der Waals surface area contributed by atoms with Crippen molar-refractivity contribution < 1.29 is 14.2 Å². The van der Waals surface area contributed by atoms with Crippen molar-refractivity contribution >= 4 is 11.8 Å². The smallest absolute Gasteiger partial charge is 0.124 e. The standard InChI is InChI=1S/C16H15FO2S/c1-19-13-7-6-11(17)9-12(13)16(18)15-8-10-4-2-3-5-14(10)20-15/h2-7,9,15-16,18H,8H2,1H3. The number of hydrogen-bond acceptors (Lipinski definition) is 3. The molecule has 0 fully saturated rings. The van der Waals surface area contributed by atoms with Crippen molar-refractivity contribution in [3.8, 4) is 5.75 Å². The van der Waals surface area contributed by atoms with Gasteiger partial charge in [0.05, 0.1) is 13.2 Å². The molecule has 0 saturated heterocycles. The van der Waals surface area contributed by atoms with E-state index in [1.54, 1.807) is 17.8 Å². The summed E-state index contributed by atoms with van der Waals surface area (Å²) in [6, 6.07) is 12.4. The van der Waals surface area contributed by atoms with Crippen LogP contribution in [-0.4, -0.2) is 17.5 Å². The Hall–Kier alpha value is -1.52. The van der Waals surface area contributed by atoms with Gasteiger partial charge in [0, 0.05) is 15.7 Å². The minimum Gasteiger partial charge on any atom is -0.496 e. The number of ether oxygens (including phenoxy) is 1. The highest BCUT2D eigenvalue weighted by Crippen LogP contribution is 2.44. The summed E-state index contributed by atoms with van der Waals surface area (Å²) in [6.07, 6.45) is 0.0276. The van der Waals surface area contributed by atoms with Crippen molar-refractivity contribution in [2.75, 3.05) is 7.11 Å². The van der Waals surface area contributed by atoms with Crippen LogP contribution in [0.15, 0.2) is 47.4 Å². The molecule has 104 valence electrons. The average molecular weight is 290 g/mol. The molecule has 2 aromatic carbocycles. The topological polar surface area (TPSA) is 29.5 Å². The molecule has 1 aliphatic rings. The number of benzene rings is 2. The van der Waals surface area contributed by atoms with E-state index in [0.717, 1.165) is 6.42 Å². The molecule has 3 rings (SSSR count). The lowest BCUT2D eigenvalue weighted by atomic mass is 10.0. The summed E-state index contributed by atoms with van der Waals surface area (Å²) in [7, 11) is 1.53. The molecular weight excluding hydrogens is 275 g/mol. The van der Waals surface area contributed by atoms with Crippen LogP contribution in [0.4, 0.5) is 4.39 Å². The Balaban J connectivity index is 1.88. The molecule has 2 unspecified atom stereocenters. The Morgan fingerprint density at radius 3 is 2.85 bits per heavy atom. The van der Waals surface area contributed by atoms with Gasteiger partial charge < -0.3 is 9.84 Å². The average Bonchev–Trinajstić information content (AvgIpc) is 2.90. The van der Waals surface area contributed by atoms with Gasteiger partial charge in [-0.1, -0.05) is 18.2 Å². The summed E-state index contributed by atoms with van der Waals surface area (Å²) < 4.78 is 18.6. The van der Waals surface area contributed by atoms with Crippen LogP contribution >= 0.6 is 11.8 Å². The van der Waals surface area contributed by atoms with E-state index in [2.05, 4.69) is 12.1 Å². The lowest BCUT2D eigenvalue weighted by Gasteiger charge is -2.19. The Labute approximate surface area is 121 Å². The molecule has 1 heterocycles. The maximum atomic E-state index is 13.4. The number of fused-ring (bicyclic) bond motifs is 1. The first-order valence-electron chi connectivity index (χ1n) is 6.45. The van der Waals surface area contributed by atoms with E-state index in [9.17, 15) is 9.50 Å². The predicted octanol–water partition coefficient (Wildman–Crippen LogP) is 3.58. The molecule has 0 aromatic heterocycles. The number of hydrogen-bond donors (Lipinski definition) is 1. The van der Waals surface area contributed by atoms with Crippen molar-refractivity contribution in [2.24, 2.45) is 0 Å². The molecule has 0 spiro atoms. The molecule has 0 aliphatic carbocycles. The third-order valence-electron chi connectivity index (χ3n) is 3.53. The minimum absolute atomic E-state index is 0.0110. The van der Waals surface area contributed by atoms with E-state index < -0.39 is 6.10 Å². The van der Waals surface area contributed by atoms with Crippen LogP contribution in [0.1, 0.15) is 17.2 Å². The first kappa shape index (κ1) is 13.5. The quantitative estimate of drug-likeness (QED) is 0.937. The van der Waals surface area contributed by atoms with Crippen molar-refractivity contribution in [1.29, 1.82) is 0 Å². The molecule has 0 amide bonds. The monoisotopic (exact) mass is 290 g/mol. The summed E-state index contributed by atoms with van der Waals surface area (Å²) in [5.41, 5.74) is 1.75. The van der Waals surface area contributed by atoms with Crippen molar-refractivity contribution in [1.82, 2.24) is 0 Å². The van der Waals surface area contributed by atoms with Gasteiger partial charge in [-0.05, 0) is 36.2 Å². The fourth-order valence-electron chi connectivity index (χ4n) is 2.52. The third-order valence-corrected chi connectivity index (χ3v) is 4.91. The molecule has 2 aromatic rings. The number of methoxy groups -OCH3 is 1.